The van der Waals surface area contributed by atoms with E-state index in [1.807, 2.05) is 12.1 Å². The first kappa shape index (κ1) is 16.5. The van der Waals surface area contributed by atoms with Crippen LogP contribution in [0.1, 0.15) is 18.4 Å². The van der Waals surface area contributed by atoms with Crippen molar-refractivity contribution < 1.29 is 14.3 Å². The third-order valence-electron chi connectivity index (χ3n) is 3.87. The van der Waals surface area contributed by atoms with Gasteiger partial charge >= 0.3 is 0 Å². The third-order valence-corrected chi connectivity index (χ3v) is 3.87. The van der Waals surface area contributed by atoms with E-state index in [0.29, 0.717) is 30.0 Å². The number of ether oxygens (including phenoxy) is 1. The molecule has 0 unspecified atom stereocenters. The van der Waals surface area contributed by atoms with Crippen molar-refractivity contribution >= 4 is 23.2 Å². The molecule has 25 heavy (non-hydrogen) atoms. The largest absolute Gasteiger partial charge is 0.484 e. The van der Waals surface area contributed by atoms with Crippen molar-refractivity contribution in [2.24, 2.45) is 0 Å². The first-order chi connectivity index (χ1) is 12.2. The van der Waals surface area contributed by atoms with Crippen LogP contribution in [0.15, 0.2) is 48.5 Å². The number of nitrogens with zero attached hydrogens (tertiary/aromatic N) is 2. The Morgan fingerprint density at radius 2 is 2.04 bits per heavy atom. The highest BCUT2D eigenvalue weighted by atomic mass is 16.5. The van der Waals surface area contributed by atoms with Crippen LogP contribution in [0.4, 0.5) is 11.4 Å². The molecule has 6 nitrogen and oxygen atoms in total. The summed E-state index contributed by atoms with van der Waals surface area (Å²) in [6.07, 6.45) is 1.43. The standard InChI is InChI=1S/C19H17N3O3/c20-12-14-6-8-15(9-7-14)21-18(23)13-25-17-4-1-3-16(11-17)22-10-2-5-19(22)24/h1,3-4,6-9,11H,2,5,10,13H2,(H,21,23). The van der Waals surface area contributed by atoms with E-state index < -0.39 is 0 Å². The van der Waals surface area contributed by atoms with Crippen LogP contribution in [0.2, 0.25) is 0 Å². The molecule has 1 aliphatic heterocycles. The summed E-state index contributed by atoms with van der Waals surface area (Å²) in [5.41, 5.74) is 1.92. The minimum Gasteiger partial charge on any atom is -0.484 e. The highest BCUT2D eigenvalue weighted by molar-refractivity contribution is 5.95. The smallest absolute Gasteiger partial charge is 0.262 e. The topological polar surface area (TPSA) is 82.4 Å². The average molecular weight is 335 g/mol. The number of hydrogen-bond acceptors (Lipinski definition) is 4. The second-order valence-electron chi connectivity index (χ2n) is 5.67. The second kappa shape index (κ2) is 7.49. The Morgan fingerprint density at radius 1 is 1.24 bits per heavy atom. The first-order valence-electron chi connectivity index (χ1n) is 7.99. The molecule has 0 atom stereocenters. The molecule has 6 heteroatoms. The molecule has 0 radical (unpaired) electrons. The van der Waals surface area contributed by atoms with Crippen molar-refractivity contribution in [1.82, 2.24) is 0 Å². The molecule has 0 saturated carbocycles. The van der Waals surface area contributed by atoms with Crippen LogP contribution in [0, 0.1) is 11.3 Å². The molecule has 1 aliphatic rings. The van der Waals surface area contributed by atoms with E-state index in [4.69, 9.17) is 10.00 Å². The van der Waals surface area contributed by atoms with Gasteiger partial charge in [-0.25, -0.2) is 0 Å². The zero-order valence-electron chi connectivity index (χ0n) is 13.6. The maximum absolute atomic E-state index is 12.0. The van der Waals surface area contributed by atoms with Crippen molar-refractivity contribution in [3.05, 3.63) is 54.1 Å². The van der Waals surface area contributed by atoms with Crippen LogP contribution in [0.25, 0.3) is 0 Å². The molecule has 1 fully saturated rings. The van der Waals surface area contributed by atoms with Gasteiger partial charge in [0.1, 0.15) is 5.75 Å². The van der Waals surface area contributed by atoms with Crippen molar-refractivity contribution in [3.8, 4) is 11.8 Å². The van der Waals surface area contributed by atoms with Gasteiger partial charge in [-0.3, -0.25) is 9.59 Å². The van der Waals surface area contributed by atoms with Crippen molar-refractivity contribution in [2.45, 2.75) is 12.8 Å². The summed E-state index contributed by atoms with van der Waals surface area (Å²) in [7, 11) is 0. The Bertz CT molecular complexity index is 825. The monoisotopic (exact) mass is 335 g/mol. The zero-order valence-corrected chi connectivity index (χ0v) is 13.6. The minimum atomic E-state index is -0.299. The molecule has 3 rings (SSSR count). The highest BCUT2D eigenvalue weighted by Gasteiger charge is 2.21. The number of anilines is 2. The number of carbonyl (C=O) groups excluding carboxylic acids is 2. The van der Waals surface area contributed by atoms with E-state index in [1.54, 1.807) is 47.4 Å². The van der Waals surface area contributed by atoms with Gasteiger partial charge < -0.3 is 15.0 Å². The van der Waals surface area contributed by atoms with Crippen LogP contribution in [-0.4, -0.2) is 25.0 Å². The molecule has 1 saturated heterocycles. The van der Waals surface area contributed by atoms with Gasteiger partial charge in [-0.1, -0.05) is 6.07 Å². The molecule has 2 aromatic rings. The number of amides is 2. The number of carbonyl (C=O) groups is 2. The van der Waals surface area contributed by atoms with Crippen molar-refractivity contribution in [2.75, 3.05) is 23.4 Å². The lowest BCUT2D eigenvalue weighted by Gasteiger charge is -2.16. The summed E-state index contributed by atoms with van der Waals surface area (Å²) in [6.45, 7) is 0.568. The molecule has 2 amide bonds. The normalized spacial score (nSPS) is 13.4. The zero-order chi connectivity index (χ0) is 17.6. The lowest BCUT2D eigenvalue weighted by Crippen LogP contribution is -2.24. The van der Waals surface area contributed by atoms with Gasteiger partial charge in [0, 0.05) is 30.4 Å². The predicted molar refractivity (Wildman–Crippen MR) is 93.3 cm³/mol. The maximum atomic E-state index is 12.0. The fraction of sp³-hybridized carbons (Fsp3) is 0.211. The van der Waals surface area contributed by atoms with E-state index in [1.165, 1.54) is 0 Å². The maximum Gasteiger partial charge on any atom is 0.262 e. The Balaban J connectivity index is 1.56. The van der Waals surface area contributed by atoms with E-state index >= 15 is 0 Å². The Morgan fingerprint density at radius 3 is 2.72 bits per heavy atom. The molecule has 1 heterocycles. The van der Waals surface area contributed by atoms with Crippen LogP contribution in [-0.2, 0) is 9.59 Å². The van der Waals surface area contributed by atoms with Gasteiger partial charge in [0.2, 0.25) is 5.91 Å². The van der Waals surface area contributed by atoms with Gasteiger partial charge in [0.25, 0.3) is 5.91 Å². The van der Waals surface area contributed by atoms with E-state index in [2.05, 4.69) is 5.32 Å². The van der Waals surface area contributed by atoms with Gasteiger partial charge in [0.15, 0.2) is 6.61 Å². The highest BCUT2D eigenvalue weighted by Crippen LogP contribution is 2.25. The summed E-state index contributed by atoms with van der Waals surface area (Å²) >= 11 is 0. The molecular formula is C19H17N3O3. The van der Waals surface area contributed by atoms with Crippen LogP contribution < -0.4 is 15.0 Å². The number of rotatable bonds is 5. The molecule has 2 aromatic carbocycles. The van der Waals surface area contributed by atoms with Gasteiger partial charge in [-0.05, 0) is 42.8 Å². The molecule has 0 aliphatic carbocycles. The van der Waals surface area contributed by atoms with Gasteiger partial charge in [0.05, 0.1) is 11.6 Å². The Labute approximate surface area is 145 Å². The van der Waals surface area contributed by atoms with E-state index in [-0.39, 0.29) is 18.4 Å². The van der Waals surface area contributed by atoms with E-state index in [9.17, 15) is 9.59 Å². The van der Waals surface area contributed by atoms with Crippen LogP contribution in [0.3, 0.4) is 0 Å². The van der Waals surface area contributed by atoms with Gasteiger partial charge in [-0.15, -0.1) is 0 Å². The summed E-state index contributed by atoms with van der Waals surface area (Å²) < 4.78 is 5.52. The minimum absolute atomic E-state index is 0.107. The molecule has 0 spiro atoms. The predicted octanol–water partition coefficient (Wildman–Crippen LogP) is 2.70. The molecule has 126 valence electrons. The average Bonchev–Trinajstić information content (AvgIpc) is 3.07. The third kappa shape index (κ3) is 4.15. The number of nitriles is 1. The number of hydrogen-bond donors (Lipinski definition) is 1. The lowest BCUT2D eigenvalue weighted by molar-refractivity contribution is -0.118. The summed E-state index contributed by atoms with van der Waals surface area (Å²) in [4.78, 5) is 25.5. The molecule has 1 N–H and O–H groups in total. The summed E-state index contributed by atoms with van der Waals surface area (Å²) in [5.74, 6) is 0.343. The number of nitrogens with one attached hydrogen (secondary N) is 1. The van der Waals surface area contributed by atoms with E-state index in [0.717, 1.165) is 12.1 Å². The fourth-order valence-corrected chi connectivity index (χ4v) is 2.64. The summed E-state index contributed by atoms with van der Waals surface area (Å²) in [5, 5.41) is 11.5. The quantitative estimate of drug-likeness (QED) is 0.911. The van der Waals surface area contributed by atoms with Crippen molar-refractivity contribution in [3.63, 3.8) is 0 Å². The number of benzene rings is 2. The SMILES string of the molecule is N#Cc1ccc(NC(=O)COc2cccc(N3CCCC3=O)c2)cc1. The molecule has 0 aromatic heterocycles. The van der Waals surface area contributed by atoms with Crippen molar-refractivity contribution in [1.29, 1.82) is 5.26 Å². The van der Waals surface area contributed by atoms with Crippen LogP contribution in [0.5, 0.6) is 5.75 Å². The summed E-state index contributed by atoms with van der Waals surface area (Å²) in [6, 6.07) is 15.8. The Kier molecular flexibility index (Phi) is 4.95. The molecule has 0 bridgehead atoms. The molecular weight excluding hydrogens is 318 g/mol. The second-order valence-corrected chi connectivity index (χ2v) is 5.67. The Hall–Kier alpha value is -3.33. The lowest BCUT2D eigenvalue weighted by atomic mass is 10.2. The first-order valence-corrected chi connectivity index (χ1v) is 7.99. The van der Waals surface area contributed by atoms with Gasteiger partial charge in [-0.2, -0.15) is 5.26 Å². The van der Waals surface area contributed by atoms with Crippen LogP contribution >= 0.6 is 0 Å². The fourth-order valence-electron chi connectivity index (χ4n) is 2.64.